The Morgan fingerprint density at radius 2 is 2.00 bits per heavy atom. The Morgan fingerprint density at radius 1 is 1.18 bits per heavy atom. The summed E-state index contributed by atoms with van der Waals surface area (Å²) in [4.78, 5) is 15.6. The lowest BCUT2D eigenvalue weighted by Gasteiger charge is -2.19. The average molecular weight is 484 g/mol. The van der Waals surface area contributed by atoms with Crippen LogP contribution in [-0.4, -0.2) is 53.5 Å². The summed E-state index contributed by atoms with van der Waals surface area (Å²) >= 11 is 2.84. The van der Waals surface area contributed by atoms with Gasteiger partial charge in [0.1, 0.15) is 0 Å². The second-order valence-electron chi connectivity index (χ2n) is 7.70. The van der Waals surface area contributed by atoms with E-state index in [1.54, 1.807) is 9.58 Å². The first kappa shape index (κ1) is 23.1. The fraction of sp³-hybridized carbons (Fsp3) is 0.364. The zero-order chi connectivity index (χ0) is 23.2. The van der Waals surface area contributed by atoms with Crippen LogP contribution < -0.4 is 0 Å². The molecule has 0 N–H and O–H groups in total. The van der Waals surface area contributed by atoms with Crippen LogP contribution >= 0.6 is 23.1 Å². The molecule has 0 bridgehead atoms. The molecule has 0 unspecified atom stereocenters. The number of carbonyl (C=O) groups excluding carboxylic acids is 1. The molecule has 4 aromatic rings. The minimum absolute atomic E-state index is 0.0394. The minimum atomic E-state index is -0.0394. The normalized spacial score (nSPS) is 11.3. The number of amides is 1. The lowest BCUT2D eigenvalue weighted by atomic mass is 10.0. The predicted molar refractivity (Wildman–Crippen MR) is 127 cm³/mol. The van der Waals surface area contributed by atoms with Gasteiger partial charge in [0.15, 0.2) is 0 Å². The van der Waals surface area contributed by atoms with Gasteiger partial charge in [-0.3, -0.25) is 4.79 Å². The van der Waals surface area contributed by atoms with Crippen LogP contribution in [-0.2, 0) is 11.3 Å². The van der Waals surface area contributed by atoms with E-state index in [0.717, 1.165) is 17.0 Å². The van der Waals surface area contributed by atoms with E-state index in [1.807, 2.05) is 36.6 Å². The number of tetrazole rings is 1. The second-order valence-corrected chi connectivity index (χ2v) is 9.59. The molecule has 9 nitrogen and oxygen atoms in total. The van der Waals surface area contributed by atoms with Crippen molar-refractivity contribution in [2.24, 2.45) is 0 Å². The van der Waals surface area contributed by atoms with Crippen molar-refractivity contribution in [2.75, 3.05) is 12.3 Å². The zero-order valence-electron chi connectivity index (χ0n) is 18.7. The standard InChI is InChI=1S/C22H25N7O2S2/c1-4-11-28(13-19-23-24-21(31-19)18-6-5-12-32-18)20(30)14-33-22-25-26-27-29(22)17-9-7-16(8-10-17)15(2)3/h5-10,12,15H,4,11,13-14H2,1-3H3. The largest absolute Gasteiger partial charge is 0.418 e. The highest BCUT2D eigenvalue weighted by atomic mass is 32.2. The number of hydrogen-bond donors (Lipinski definition) is 0. The molecule has 3 aromatic heterocycles. The van der Waals surface area contributed by atoms with E-state index in [4.69, 9.17) is 4.42 Å². The first-order chi connectivity index (χ1) is 16.0. The van der Waals surface area contributed by atoms with Crippen molar-refractivity contribution < 1.29 is 9.21 Å². The molecule has 11 heteroatoms. The molecule has 0 saturated carbocycles. The maximum Gasteiger partial charge on any atom is 0.257 e. The molecular weight excluding hydrogens is 458 g/mol. The SMILES string of the molecule is CCCN(Cc1nnc(-c2cccs2)o1)C(=O)CSc1nnnn1-c1ccc(C(C)C)cc1. The van der Waals surface area contributed by atoms with Gasteiger partial charge in [-0.15, -0.1) is 26.6 Å². The lowest BCUT2D eigenvalue weighted by Crippen LogP contribution is -2.32. The van der Waals surface area contributed by atoms with Gasteiger partial charge in [-0.1, -0.05) is 50.7 Å². The third kappa shape index (κ3) is 5.66. The van der Waals surface area contributed by atoms with E-state index >= 15 is 0 Å². The fourth-order valence-electron chi connectivity index (χ4n) is 3.19. The molecule has 0 fully saturated rings. The Morgan fingerprint density at radius 3 is 2.70 bits per heavy atom. The Hall–Kier alpha value is -3.05. The van der Waals surface area contributed by atoms with Crippen LogP contribution in [0.3, 0.4) is 0 Å². The molecule has 0 aliphatic carbocycles. The number of carbonyl (C=O) groups is 1. The van der Waals surface area contributed by atoms with Crippen LogP contribution in [0, 0.1) is 0 Å². The van der Waals surface area contributed by atoms with Crippen LogP contribution in [0.4, 0.5) is 0 Å². The highest BCUT2D eigenvalue weighted by Gasteiger charge is 2.19. The van der Waals surface area contributed by atoms with Crippen LogP contribution in [0.5, 0.6) is 0 Å². The quantitative estimate of drug-likeness (QED) is 0.305. The second kappa shape index (κ2) is 10.7. The van der Waals surface area contributed by atoms with Crippen molar-refractivity contribution in [2.45, 2.75) is 44.8 Å². The number of rotatable bonds is 10. The van der Waals surface area contributed by atoms with E-state index in [0.29, 0.717) is 29.4 Å². The number of thioether (sulfide) groups is 1. The molecule has 1 aromatic carbocycles. The first-order valence-corrected chi connectivity index (χ1v) is 12.6. The molecule has 172 valence electrons. The highest BCUT2D eigenvalue weighted by molar-refractivity contribution is 7.99. The summed E-state index contributed by atoms with van der Waals surface area (Å²) in [6, 6.07) is 12.0. The number of aromatic nitrogens is 6. The molecule has 0 aliphatic heterocycles. The van der Waals surface area contributed by atoms with Crippen molar-refractivity contribution in [3.05, 3.63) is 53.2 Å². The van der Waals surface area contributed by atoms with E-state index < -0.39 is 0 Å². The van der Waals surface area contributed by atoms with E-state index in [9.17, 15) is 4.79 Å². The zero-order valence-corrected chi connectivity index (χ0v) is 20.3. The summed E-state index contributed by atoms with van der Waals surface area (Å²) in [5.74, 6) is 1.50. The maximum atomic E-state index is 13.0. The fourth-order valence-corrected chi connectivity index (χ4v) is 4.63. The maximum absolute atomic E-state index is 13.0. The van der Waals surface area contributed by atoms with Gasteiger partial charge in [-0.05, 0) is 51.9 Å². The monoisotopic (exact) mass is 483 g/mol. The van der Waals surface area contributed by atoms with Crippen molar-refractivity contribution in [3.8, 4) is 16.5 Å². The molecule has 0 atom stereocenters. The summed E-state index contributed by atoms with van der Waals surface area (Å²) in [5.41, 5.74) is 2.10. The average Bonchev–Trinajstić information content (AvgIpc) is 3.59. The summed E-state index contributed by atoms with van der Waals surface area (Å²) in [6.45, 7) is 7.20. The number of hydrogen-bond acceptors (Lipinski definition) is 9. The Labute approximate surface area is 200 Å². The molecule has 4 rings (SSSR count). The van der Waals surface area contributed by atoms with E-state index in [1.165, 1.54) is 28.7 Å². The summed E-state index contributed by atoms with van der Waals surface area (Å²) in [5, 5.41) is 22.7. The van der Waals surface area contributed by atoms with Crippen LogP contribution in [0.25, 0.3) is 16.5 Å². The Balaban J connectivity index is 1.40. The van der Waals surface area contributed by atoms with Crippen molar-refractivity contribution >= 4 is 29.0 Å². The molecule has 1 amide bonds. The first-order valence-electron chi connectivity index (χ1n) is 10.7. The van der Waals surface area contributed by atoms with E-state index in [-0.39, 0.29) is 18.2 Å². The van der Waals surface area contributed by atoms with Crippen molar-refractivity contribution in [1.82, 2.24) is 35.3 Å². The highest BCUT2D eigenvalue weighted by Crippen LogP contribution is 2.24. The summed E-state index contributed by atoms with van der Waals surface area (Å²) in [7, 11) is 0. The Bertz CT molecular complexity index is 1170. The predicted octanol–water partition coefficient (Wildman–Crippen LogP) is 4.43. The third-order valence-corrected chi connectivity index (χ3v) is 6.70. The number of benzene rings is 1. The molecule has 0 saturated heterocycles. The summed E-state index contributed by atoms with van der Waals surface area (Å²) in [6.07, 6.45) is 0.822. The van der Waals surface area contributed by atoms with Crippen LogP contribution in [0.1, 0.15) is 44.6 Å². The molecule has 0 spiro atoms. The van der Waals surface area contributed by atoms with Gasteiger partial charge >= 0.3 is 0 Å². The molecule has 0 aliphatic rings. The smallest absolute Gasteiger partial charge is 0.257 e. The van der Waals surface area contributed by atoms with Gasteiger partial charge in [0.25, 0.3) is 5.89 Å². The topological polar surface area (TPSA) is 103 Å². The Kier molecular flexibility index (Phi) is 7.50. The summed E-state index contributed by atoms with van der Waals surface area (Å²) < 4.78 is 7.41. The van der Waals surface area contributed by atoms with Crippen molar-refractivity contribution in [1.29, 1.82) is 0 Å². The van der Waals surface area contributed by atoms with Crippen LogP contribution in [0.15, 0.2) is 51.4 Å². The van der Waals surface area contributed by atoms with Gasteiger partial charge in [0.05, 0.1) is 22.9 Å². The van der Waals surface area contributed by atoms with Gasteiger partial charge in [0, 0.05) is 6.54 Å². The minimum Gasteiger partial charge on any atom is -0.418 e. The van der Waals surface area contributed by atoms with Gasteiger partial charge in [-0.25, -0.2) is 0 Å². The number of nitrogens with zero attached hydrogens (tertiary/aromatic N) is 7. The van der Waals surface area contributed by atoms with Gasteiger partial charge < -0.3 is 9.32 Å². The number of thiophene rings is 1. The molecule has 3 heterocycles. The lowest BCUT2D eigenvalue weighted by molar-refractivity contribution is -0.129. The van der Waals surface area contributed by atoms with Gasteiger partial charge in [0.2, 0.25) is 17.0 Å². The van der Waals surface area contributed by atoms with Crippen LogP contribution in [0.2, 0.25) is 0 Å². The van der Waals surface area contributed by atoms with E-state index in [2.05, 4.69) is 51.7 Å². The molecule has 33 heavy (non-hydrogen) atoms. The molecule has 0 radical (unpaired) electrons. The third-order valence-electron chi connectivity index (χ3n) is 4.94. The van der Waals surface area contributed by atoms with Gasteiger partial charge in [-0.2, -0.15) is 4.68 Å². The molecular formula is C22H25N7O2S2. The van der Waals surface area contributed by atoms with Crippen molar-refractivity contribution in [3.63, 3.8) is 0 Å².